The van der Waals surface area contributed by atoms with Crippen molar-refractivity contribution in [2.24, 2.45) is 0 Å². The molecule has 2 aromatic heterocycles. The van der Waals surface area contributed by atoms with Crippen molar-refractivity contribution >= 4 is 19.9 Å². The van der Waals surface area contributed by atoms with Crippen LogP contribution >= 0.6 is 0 Å². The predicted molar refractivity (Wildman–Crippen MR) is 102 cm³/mol. The topological polar surface area (TPSA) is 98.1 Å². The number of rotatable bonds is 6. The van der Waals surface area contributed by atoms with E-state index in [1.807, 2.05) is 0 Å². The Bertz CT molecular complexity index is 1290. The number of pyridine rings is 1. The Morgan fingerprint density at radius 3 is 2.38 bits per heavy atom. The molecule has 0 aliphatic rings. The Labute approximate surface area is 167 Å². The molecule has 0 spiro atoms. The van der Waals surface area contributed by atoms with Crippen LogP contribution in [0.25, 0.3) is 11.3 Å². The van der Waals surface area contributed by atoms with Gasteiger partial charge in [0.2, 0.25) is 5.95 Å². The maximum absolute atomic E-state index is 15.0. The molecule has 0 fully saturated rings. The molecule has 0 atom stereocenters. The monoisotopic (exact) mass is 441 g/mol. The first kappa shape index (κ1) is 21.1. The minimum atomic E-state index is -4.45. The molecular weight excluding hydrogens is 424 g/mol. The number of benzene rings is 1. The molecule has 0 amide bonds. The van der Waals surface area contributed by atoms with Gasteiger partial charge < -0.3 is 5.32 Å². The molecule has 1 N–H and O–H groups in total. The predicted octanol–water partition coefficient (Wildman–Crippen LogP) is 2.19. The fraction of sp³-hybridized carbons (Fsp3) is 0.167. The summed E-state index contributed by atoms with van der Waals surface area (Å²) >= 11 is 0. The highest BCUT2D eigenvalue weighted by Gasteiger charge is 2.28. The molecule has 0 radical (unpaired) electrons. The van der Waals surface area contributed by atoms with E-state index in [4.69, 9.17) is 0 Å². The molecule has 0 aliphatic carbocycles. The molecule has 3 aromatic rings. The highest BCUT2D eigenvalue weighted by molar-refractivity contribution is 7.91. The summed E-state index contributed by atoms with van der Waals surface area (Å²) in [6, 6.07) is 7.24. The van der Waals surface area contributed by atoms with Crippen LogP contribution in [0.15, 0.2) is 58.6 Å². The molecule has 3 rings (SSSR count). The second kappa shape index (κ2) is 7.65. The Balaban J connectivity index is 2.31. The smallest absolute Gasteiger partial charge is 0.268 e. The Morgan fingerprint density at radius 2 is 1.76 bits per heavy atom. The molecule has 0 unspecified atom stereocenters. The van der Waals surface area contributed by atoms with Crippen molar-refractivity contribution in [2.45, 2.75) is 16.3 Å². The van der Waals surface area contributed by atoms with Gasteiger partial charge in [0.15, 0.2) is 15.7 Å². The first-order valence-corrected chi connectivity index (χ1v) is 11.6. The molecule has 2 heterocycles. The van der Waals surface area contributed by atoms with Crippen molar-refractivity contribution in [3.05, 3.63) is 66.1 Å². The second-order valence-corrected chi connectivity index (χ2v) is 10.1. The molecule has 11 heteroatoms. The third-order valence-electron chi connectivity index (χ3n) is 4.16. The van der Waals surface area contributed by atoms with Crippen LogP contribution in [0.1, 0.15) is 5.56 Å². The molecule has 7 nitrogen and oxygen atoms in total. The van der Waals surface area contributed by atoms with Gasteiger partial charge in [-0.25, -0.2) is 30.2 Å². The van der Waals surface area contributed by atoms with E-state index in [2.05, 4.69) is 10.3 Å². The van der Waals surface area contributed by atoms with Gasteiger partial charge in [0.1, 0.15) is 5.69 Å². The molecule has 0 bridgehead atoms. The first-order valence-electron chi connectivity index (χ1n) is 8.28. The Morgan fingerprint density at radius 1 is 1.07 bits per heavy atom. The van der Waals surface area contributed by atoms with Gasteiger partial charge in [0, 0.05) is 30.8 Å². The molecular formula is C18H17F2N3O4S2. The SMILES string of the molecule is CNCc1cn(S(=O)(=O)c2cccc(S(C)(=O)=O)c2)c(-c2cccnc2F)c1F. The lowest BCUT2D eigenvalue weighted by atomic mass is 10.2. The van der Waals surface area contributed by atoms with Crippen molar-refractivity contribution in [1.82, 2.24) is 14.3 Å². The number of halogens is 2. The minimum Gasteiger partial charge on any atom is -0.316 e. The maximum Gasteiger partial charge on any atom is 0.268 e. The Hall–Kier alpha value is -2.63. The van der Waals surface area contributed by atoms with Gasteiger partial charge in [-0.1, -0.05) is 6.07 Å². The number of nitrogens with zero attached hydrogens (tertiary/aromatic N) is 2. The first-order chi connectivity index (χ1) is 13.6. The normalized spacial score (nSPS) is 12.3. The molecule has 29 heavy (non-hydrogen) atoms. The van der Waals surface area contributed by atoms with Gasteiger partial charge in [-0.05, 0) is 37.4 Å². The van der Waals surface area contributed by atoms with Gasteiger partial charge >= 0.3 is 0 Å². The summed E-state index contributed by atoms with van der Waals surface area (Å²) in [6.07, 6.45) is 3.13. The van der Waals surface area contributed by atoms with Gasteiger partial charge in [-0.3, -0.25) is 0 Å². The van der Waals surface area contributed by atoms with E-state index in [9.17, 15) is 21.2 Å². The number of hydrogen-bond donors (Lipinski definition) is 1. The summed E-state index contributed by atoms with van der Waals surface area (Å²) in [6.45, 7) is -0.00733. The average Bonchev–Trinajstić information content (AvgIpc) is 2.99. The second-order valence-electron chi connectivity index (χ2n) is 6.24. The van der Waals surface area contributed by atoms with E-state index < -0.39 is 37.3 Å². The van der Waals surface area contributed by atoms with Crippen molar-refractivity contribution in [1.29, 1.82) is 0 Å². The van der Waals surface area contributed by atoms with Crippen LogP contribution in [0.3, 0.4) is 0 Å². The van der Waals surface area contributed by atoms with Crippen molar-refractivity contribution in [2.75, 3.05) is 13.3 Å². The maximum atomic E-state index is 15.0. The van der Waals surface area contributed by atoms with Crippen molar-refractivity contribution in [3.63, 3.8) is 0 Å². The van der Waals surface area contributed by atoms with Crippen molar-refractivity contribution in [3.8, 4) is 11.3 Å². The minimum absolute atomic E-state index is 0.00593. The quantitative estimate of drug-likeness (QED) is 0.589. The molecule has 0 saturated heterocycles. The summed E-state index contributed by atoms with van der Waals surface area (Å²) in [5, 5.41) is 2.71. The Kier molecular flexibility index (Phi) is 5.57. The zero-order chi connectivity index (χ0) is 21.4. The summed E-state index contributed by atoms with van der Waals surface area (Å²) in [5.41, 5.74) is -0.866. The van der Waals surface area contributed by atoms with E-state index in [1.54, 1.807) is 7.05 Å². The van der Waals surface area contributed by atoms with Gasteiger partial charge in [-0.15, -0.1) is 0 Å². The van der Waals surface area contributed by atoms with Crippen LogP contribution in [0, 0.1) is 11.8 Å². The summed E-state index contributed by atoms with van der Waals surface area (Å²) in [5.74, 6) is -1.96. The van der Waals surface area contributed by atoms with E-state index in [0.717, 1.165) is 24.7 Å². The van der Waals surface area contributed by atoms with Crippen LogP contribution in [0.2, 0.25) is 0 Å². The van der Waals surface area contributed by atoms with Gasteiger partial charge in [0.25, 0.3) is 10.0 Å². The standard InChI is InChI=1S/C18H17F2N3O4S2/c1-21-10-12-11-23(17(16(12)19)15-7-4-8-22-18(15)20)29(26,27)14-6-3-5-13(9-14)28(2,24)25/h3-9,11,21H,10H2,1-2H3. The molecule has 1 aromatic carbocycles. The highest BCUT2D eigenvalue weighted by atomic mass is 32.2. The third-order valence-corrected chi connectivity index (χ3v) is 6.92. The summed E-state index contributed by atoms with van der Waals surface area (Å²) < 4.78 is 80.0. The van der Waals surface area contributed by atoms with E-state index >= 15 is 4.39 Å². The zero-order valence-electron chi connectivity index (χ0n) is 15.4. The number of aromatic nitrogens is 2. The summed E-state index contributed by atoms with van der Waals surface area (Å²) in [4.78, 5) is 2.87. The van der Waals surface area contributed by atoms with Crippen LogP contribution in [-0.4, -0.2) is 39.1 Å². The molecule has 0 saturated carbocycles. The lowest BCUT2D eigenvalue weighted by Gasteiger charge is -2.12. The third kappa shape index (κ3) is 3.93. The number of sulfone groups is 1. The average molecular weight is 441 g/mol. The van der Waals surface area contributed by atoms with Crippen LogP contribution in [0.4, 0.5) is 8.78 Å². The zero-order valence-corrected chi connectivity index (χ0v) is 17.1. The fourth-order valence-corrected chi connectivity index (χ4v) is 4.97. The van der Waals surface area contributed by atoms with E-state index in [1.165, 1.54) is 30.3 Å². The number of nitrogens with one attached hydrogen (secondary N) is 1. The fourth-order valence-electron chi connectivity index (χ4n) is 2.79. The van der Waals surface area contributed by atoms with E-state index in [0.29, 0.717) is 3.97 Å². The van der Waals surface area contributed by atoms with Gasteiger partial charge in [-0.2, -0.15) is 4.39 Å². The molecule has 0 aliphatic heterocycles. The molecule has 154 valence electrons. The highest BCUT2D eigenvalue weighted by Crippen LogP contribution is 2.32. The largest absolute Gasteiger partial charge is 0.316 e. The number of hydrogen-bond acceptors (Lipinski definition) is 6. The summed E-state index contributed by atoms with van der Waals surface area (Å²) in [7, 11) is -6.58. The lowest BCUT2D eigenvalue weighted by molar-refractivity contribution is 0.575. The van der Waals surface area contributed by atoms with Crippen LogP contribution in [0.5, 0.6) is 0 Å². The lowest BCUT2D eigenvalue weighted by Crippen LogP contribution is -2.15. The van der Waals surface area contributed by atoms with Crippen LogP contribution in [-0.2, 0) is 26.4 Å². The van der Waals surface area contributed by atoms with Gasteiger partial charge in [0.05, 0.1) is 15.4 Å². The van der Waals surface area contributed by atoms with E-state index in [-0.39, 0.29) is 27.5 Å². The van der Waals surface area contributed by atoms with Crippen LogP contribution < -0.4 is 5.32 Å². The van der Waals surface area contributed by atoms with Crippen molar-refractivity contribution < 1.29 is 25.6 Å².